The second kappa shape index (κ2) is 8.70. The standard InChI is InChI=1S/C19H23FN2O3S/c1-13(2)9-22-7-8-24-14(10-22)11-25-19(23)17-12-26-18(21-17)15-5-3-4-6-16(15)20/h3-6,12-14H,7-11H2,1-2H3. The van der Waals surface area contributed by atoms with Gasteiger partial charge in [-0.15, -0.1) is 11.3 Å². The average molecular weight is 378 g/mol. The Balaban J connectivity index is 1.55. The van der Waals surface area contributed by atoms with Gasteiger partial charge in [0.2, 0.25) is 0 Å². The van der Waals surface area contributed by atoms with E-state index in [1.54, 1.807) is 23.6 Å². The number of benzene rings is 1. The van der Waals surface area contributed by atoms with Crippen molar-refractivity contribution in [3.63, 3.8) is 0 Å². The van der Waals surface area contributed by atoms with Gasteiger partial charge in [0.05, 0.1) is 6.61 Å². The van der Waals surface area contributed by atoms with E-state index >= 15 is 0 Å². The van der Waals surface area contributed by atoms with Crippen LogP contribution in [0.1, 0.15) is 24.3 Å². The Morgan fingerprint density at radius 1 is 1.46 bits per heavy atom. The fourth-order valence-corrected chi connectivity index (χ4v) is 3.75. The first-order chi connectivity index (χ1) is 12.5. The molecule has 0 radical (unpaired) electrons. The Morgan fingerprint density at radius 3 is 3.04 bits per heavy atom. The van der Waals surface area contributed by atoms with E-state index in [1.165, 1.54) is 17.4 Å². The molecule has 1 aromatic heterocycles. The number of carbonyl (C=O) groups excluding carboxylic acids is 1. The molecule has 140 valence electrons. The van der Waals surface area contributed by atoms with E-state index in [9.17, 15) is 9.18 Å². The summed E-state index contributed by atoms with van der Waals surface area (Å²) in [7, 11) is 0. The van der Waals surface area contributed by atoms with Crippen molar-refractivity contribution in [3.05, 3.63) is 41.2 Å². The summed E-state index contributed by atoms with van der Waals surface area (Å²) in [4.78, 5) is 18.8. The van der Waals surface area contributed by atoms with Crippen molar-refractivity contribution in [1.29, 1.82) is 0 Å². The molecule has 26 heavy (non-hydrogen) atoms. The minimum Gasteiger partial charge on any atom is -0.458 e. The molecule has 1 aliphatic heterocycles. The van der Waals surface area contributed by atoms with E-state index in [1.807, 2.05) is 0 Å². The third kappa shape index (κ3) is 4.87. The number of rotatable bonds is 6. The smallest absolute Gasteiger partial charge is 0.357 e. The molecule has 1 saturated heterocycles. The Kier molecular flexibility index (Phi) is 6.34. The first kappa shape index (κ1) is 18.9. The predicted octanol–water partition coefficient (Wildman–Crippen LogP) is 3.46. The number of thiazole rings is 1. The Labute approximate surface area is 156 Å². The zero-order valence-corrected chi connectivity index (χ0v) is 15.8. The molecule has 2 heterocycles. The number of hydrogen-bond acceptors (Lipinski definition) is 6. The lowest BCUT2D eigenvalue weighted by atomic mass is 10.2. The first-order valence-electron chi connectivity index (χ1n) is 8.74. The zero-order chi connectivity index (χ0) is 18.5. The van der Waals surface area contributed by atoms with E-state index < -0.39 is 5.97 Å². The summed E-state index contributed by atoms with van der Waals surface area (Å²) in [6.45, 7) is 7.86. The van der Waals surface area contributed by atoms with E-state index in [0.717, 1.165) is 19.6 Å². The number of hydrogen-bond donors (Lipinski definition) is 0. The van der Waals surface area contributed by atoms with Crippen molar-refractivity contribution in [3.8, 4) is 10.6 Å². The SMILES string of the molecule is CC(C)CN1CCOC(COC(=O)c2csc(-c3ccccc3F)n2)C1. The molecular formula is C19H23FN2O3S. The lowest BCUT2D eigenvalue weighted by Gasteiger charge is -2.33. The summed E-state index contributed by atoms with van der Waals surface area (Å²) in [6, 6.07) is 6.37. The highest BCUT2D eigenvalue weighted by Crippen LogP contribution is 2.26. The highest BCUT2D eigenvalue weighted by atomic mass is 32.1. The van der Waals surface area contributed by atoms with Crippen molar-refractivity contribution in [2.45, 2.75) is 20.0 Å². The Hall–Kier alpha value is -1.83. The molecule has 7 heteroatoms. The van der Waals surface area contributed by atoms with Gasteiger partial charge in [-0.1, -0.05) is 26.0 Å². The van der Waals surface area contributed by atoms with E-state index in [0.29, 0.717) is 23.1 Å². The van der Waals surface area contributed by atoms with Gasteiger partial charge in [0, 0.05) is 30.6 Å². The van der Waals surface area contributed by atoms with Crippen LogP contribution in [0.2, 0.25) is 0 Å². The molecular weight excluding hydrogens is 355 g/mol. The summed E-state index contributed by atoms with van der Waals surface area (Å²) in [5.41, 5.74) is 0.583. The second-order valence-electron chi connectivity index (χ2n) is 6.76. The number of halogens is 1. The summed E-state index contributed by atoms with van der Waals surface area (Å²) in [5, 5.41) is 2.06. The second-order valence-corrected chi connectivity index (χ2v) is 7.62. The normalized spacial score (nSPS) is 18.2. The van der Waals surface area contributed by atoms with Gasteiger partial charge in [-0.2, -0.15) is 0 Å². The maximum Gasteiger partial charge on any atom is 0.357 e. The summed E-state index contributed by atoms with van der Waals surface area (Å²) in [5.74, 6) is -0.279. The fourth-order valence-electron chi connectivity index (χ4n) is 2.93. The van der Waals surface area contributed by atoms with Crippen LogP contribution in [-0.4, -0.2) is 54.8 Å². The van der Waals surface area contributed by atoms with Crippen molar-refractivity contribution in [2.75, 3.05) is 32.8 Å². The quantitative estimate of drug-likeness (QED) is 0.721. The van der Waals surface area contributed by atoms with Crippen LogP contribution in [0.3, 0.4) is 0 Å². The van der Waals surface area contributed by atoms with Gasteiger partial charge in [-0.3, -0.25) is 4.90 Å². The summed E-state index contributed by atoms with van der Waals surface area (Å²) < 4.78 is 24.9. The van der Waals surface area contributed by atoms with Crippen LogP contribution in [0.15, 0.2) is 29.6 Å². The van der Waals surface area contributed by atoms with Crippen LogP contribution in [0.25, 0.3) is 10.6 Å². The molecule has 5 nitrogen and oxygen atoms in total. The van der Waals surface area contributed by atoms with Crippen molar-refractivity contribution in [1.82, 2.24) is 9.88 Å². The maximum absolute atomic E-state index is 13.8. The number of carbonyl (C=O) groups is 1. The molecule has 0 saturated carbocycles. The molecule has 0 amide bonds. The van der Waals surface area contributed by atoms with Crippen molar-refractivity contribution < 1.29 is 18.7 Å². The average Bonchev–Trinajstić information content (AvgIpc) is 3.10. The Bertz CT molecular complexity index is 750. The van der Waals surface area contributed by atoms with E-state index in [-0.39, 0.29) is 24.2 Å². The predicted molar refractivity (Wildman–Crippen MR) is 98.8 cm³/mol. The molecule has 3 rings (SSSR count). The van der Waals surface area contributed by atoms with Gasteiger partial charge in [0.25, 0.3) is 0 Å². The third-order valence-corrected chi connectivity index (χ3v) is 4.94. The van der Waals surface area contributed by atoms with E-state index in [2.05, 4.69) is 23.7 Å². The molecule has 1 atom stereocenters. The number of ether oxygens (including phenoxy) is 2. The molecule has 0 aliphatic carbocycles. The molecule has 1 aliphatic rings. The highest BCUT2D eigenvalue weighted by molar-refractivity contribution is 7.13. The van der Waals surface area contributed by atoms with Gasteiger partial charge in [0.15, 0.2) is 5.69 Å². The summed E-state index contributed by atoms with van der Waals surface area (Å²) in [6.07, 6.45) is -0.129. The minimum absolute atomic E-state index is 0.129. The number of aromatic nitrogens is 1. The van der Waals surface area contributed by atoms with Gasteiger partial charge >= 0.3 is 5.97 Å². The van der Waals surface area contributed by atoms with Gasteiger partial charge in [-0.05, 0) is 18.1 Å². The molecule has 0 N–H and O–H groups in total. The maximum atomic E-state index is 13.8. The largest absolute Gasteiger partial charge is 0.458 e. The topological polar surface area (TPSA) is 51.7 Å². The van der Waals surface area contributed by atoms with Crippen molar-refractivity contribution in [2.24, 2.45) is 5.92 Å². The number of nitrogens with zero attached hydrogens (tertiary/aromatic N) is 2. The molecule has 1 unspecified atom stereocenters. The number of morpholine rings is 1. The first-order valence-corrected chi connectivity index (χ1v) is 9.62. The highest BCUT2D eigenvalue weighted by Gasteiger charge is 2.23. The molecule has 1 fully saturated rings. The number of esters is 1. The van der Waals surface area contributed by atoms with Crippen LogP contribution in [0.5, 0.6) is 0 Å². The third-order valence-electron chi connectivity index (χ3n) is 4.06. The van der Waals surface area contributed by atoms with Crippen LogP contribution in [0.4, 0.5) is 4.39 Å². The molecule has 1 aromatic carbocycles. The molecule has 0 spiro atoms. The van der Waals surface area contributed by atoms with E-state index in [4.69, 9.17) is 9.47 Å². The minimum atomic E-state index is -0.506. The van der Waals surface area contributed by atoms with Crippen LogP contribution in [0, 0.1) is 11.7 Å². The van der Waals surface area contributed by atoms with Gasteiger partial charge < -0.3 is 9.47 Å². The monoisotopic (exact) mass is 378 g/mol. The van der Waals surface area contributed by atoms with Crippen molar-refractivity contribution >= 4 is 17.3 Å². The van der Waals surface area contributed by atoms with Gasteiger partial charge in [-0.25, -0.2) is 14.2 Å². The fraction of sp³-hybridized carbons (Fsp3) is 0.474. The Morgan fingerprint density at radius 2 is 2.27 bits per heavy atom. The van der Waals surface area contributed by atoms with Gasteiger partial charge in [0.1, 0.15) is 23.5 Å². The summed E-state index contributed by atoms with van der Waals surface area (Å²) >= 11 is 1.22. The van der Waals surface area contributed by atoms with Crippen LogP contribution < -0.4 is 0 Å². The van der Waals surface area contributed by atoms with Crippen LogP contribution >= 0.6 is 11.3 Å². The molecule has 2 aromatic rings. The lowest BCUT2D eigenvalue weighted by molar-refractivity contribution is -0.0613. The van der Waals surface area contributed by atoms with Crippen LogP contribution in [-0.2, 0) is 9.47 Å². The molecule has 0 bridgehead atoms. The lowest BCUT2D eigenvalue weighted by Crippen LogP contribution is -2.45. The zero-order valence-electron chi connectivity index (χ0n) is 15.0.